The number of anilines is 2. The predicted octanol–water partition coefficient (Wildman–Crippen LogP) is 0.529. The number of rotatable bonds is 13. The van der Waals surface area contributed by atoms with Crippen molar-refractivity contribution < 1.29 is 28.5 Å². The summed E-state index contributed by atoms with van der Waals surface area (Å²) in [6.07, 6.45) is 1.44. The Kier molecular flexibility index (Phi) is 10.1. The number of unbranched alkanes of at least 4 members (excludes halogenated alkanes) is 1. The molecule has 0 unspecified atom stereocenters. The molecular formula is C22H30N4O8. The highest BCUT2D eigenvalue weighted by molar-refractivity contribution is 5.97. The number of carbonyl (C=O) groups is 2. The van der Waals surface area contributed by atoms with E-state index in [1.54, 1.807) is 24.3 Å². The van der Waals surface area contributed by atoms with Crippen molar-refractivity contribution in [2.45, 2.75) is 26.3 Å². The summed E-state index contributed by atoms with van der Waals surface area (Å²) in [5.41, 5.74) is 4.40. The van der Waals surface area contributed by atoms with Gasteiger partial charge in [-0.2, -0.15) is 0 Å². The Hall–Kier alpha value is -3.80. The molecule has 0 bridgehead atoms. The third kappa shape index (κ3) is 7.10. The van der Waals surface area contributed by atoms with E-state index in [1.807, 2.05) is 6.92 Å². The number of nitrogens with zero attached hydrogens (tertiary/aromatic N) is 2. The van der Waals surface area contributed by atoms with Crippen LogP contribution in [0, 0.1) is 0 Å². The van der Waals surface area contributed by atoms with Crippen molar-refractivity contribution in [1.29, 1.82) is 0 Å². The van der Waals surface area contributed by atoms with Crippen molar-refractivity contribution >= 4 is 23.4 Å². The molecule has 186 valence electrons. The molecule has 12 heteroatoms. The summed E-state index contributed by atoms with van der Waals surface area (Å²) in [7, 11) is 2.95. The van der Waals surface area contributed by atoms with E-state index in [1.165, 1.54) is 18.8 Å². The van der Waals surface area contributed by atoms with Crippen LogP contribution in [0.4, 0.5) is 11.5 Å². The molecule has 2 aromatic rings. The number of methoxy groups -OCH3 is 2. The van der Waals surface area contributed by atoms with E-state index in [4.69, 9.17) is 24.7 Å². The predicted molar refractivity (Wildman–Crippen MR) is 124 cm³/mol. The van der Waals surface area contributed by atoms with Crippen molar-refractivity contribution in [1.82, 2.24) is 9.55 Å². The van der Waals surface area contributed by atoms with Gasteiger partial charge in [-0.05, 0) is 30.7 Å². The van der Waals surface area contributed by atoms with E-state index in [2.05, 4.69) is 4.98 Å². The number of H-pyrrole nitrogens is 1. The molecule has 1 heterocycles. The van der Waals surface area contributed by atoms with E-state index in [0.29, 0.717) is 17.9 Å². The van der Waals surface area contributed by atoms with Crippen LogP contribution in [0.15, 0.2) is 33.9 Å². The Morgan fingerprint density at radius 1 is 1.09 bits per heavy atom. The van der Waals surface area contributed by atoms with Crippen LogP contribution in [0.2, 0.25) is 0 Å². The van der Waals surface area contributed by atoms with Crippen LogP contribution in [0.5, 0.6) is 11.5 Å². The summed E-state index contributed by atoms with van der Waals surface area (Å²) in [6, 6.07) is 6.57. The fourth-order valence-corrected chi connectivity index (χ4v) is 3.00. The summed E-state index contributed by atoms with van der Waals surface area (Å²) < 4.78 is 21.6. The highest BCUT2D eigenvalue weighted by Gasteiger charge is 2.25. The average molecular weight is 479 g/mol. The Labute approximate surface area is 196 Å². The van der Waals surface area contributed by atoms with Crippen LogP contribution < -0.4 is 31.4 Å². The zero-order valence-electron chi connectivity index (χ0n) is 19.5. The maximum Gasteiger partial charge on any atom is 0.344 e. The second-order valence-electron chi connectivity index (χ2n) is 7.16. The number of hydrogen-bond acceptors (Lipinski definition) is 9. The Morgan fingerprint density at radius 3 is 2.38 bits per heavy atom. The topological polar surface area (TPSA) is 155 Å². The zero-order chi connectivity index (χ0) is 25.1. The summed E-state index contributed by atoms with van der Waals surface area (Å²) in [5.74, 6) is -0.606. The van der Waals surface area contributed by atoms with E-state index >= 15 is 0 Å². The standard InChI is InChI=1S/C22H30N4O8/c1-4-5-10-26-20(23)19(21(29)24-22(26)30)25(11-12-31-2)17(27)13-34-18(28)14-33-16-8-6-15(32-3)7-9-16/h6-9H,4-5,10-14,23H2,1-3H3,(H,24,29,30). The maximum absolute atomic E-state index is 12.9. The molecule has 2 rings (SSSR count). The lowest BCUT2D eigenvalue weighted by molar-refractivity contribution is -0.149. The largest absolute Gasteiger partial charge is 0.497 e. The third-order valence-corrected chi connectivity index (χ3v) is 4.81. The quantitative estimate of drug-likeness (QED) is 0.392. The molecule has 0 saturated carbocycles. The number of nitrogens with two attached hydrogens (primary N) is 1. The van der Waals surface area contributed by atoms with Gasteiger partial charge in [0.25, 0.3) is 11.5 Å². The number of nitrogens with one attached hydrogen (secondary N) is 1. The van der Waals surface area contributed by atoms with E-state index in [-0.39, 0.29) is 31.2 Å². The van der Waals surface area contributed by atoms with Crippen molar-refractivity contribution in [2.24, 2.45) is 0 Å². The van der Waals surface area contributed by atoms with Gasteiger partial charge >= 0.3 is 11.7 Å². The number of aromatic nitrogens is 2. The van der Waals surface area contributed by atoms with Gasteiger partial charge in [-0.15, -0.1) is 0 Å². The van der Waals surface area contributed by atoms with Crippen molar-refractivity contribution in [3.63, 3.8) is 0 Å². The number of carbonyl (C=O) groups excluding carboxylic acids is 2. The van der Waals surface area contributed by atoms with Crippen LogP contribution in [0.1, 0.15) is 19.8 Å². The van der Waals surface area contributed by atoms with Gasteiger partial charge in [0.15, 0.2) is 18.9 Å². The Morgan fingerprint density at radius 2 is 1.76 bits per heavy atom. The molecule has 0 aliphatic rings. The lowest BCUT2D eigenvalue weighted by Gasteiger charge is -2.24. The molecule has 0 atom stereocenters. The number of amides is 1. The molecule has 0 aliphatic heterocycles. The molecule has 0 saturated heterocycles. The van der Waals surface area contributed by atoms with E-state index < -0.39 is 36.3 Å². The SMILES string of the molecule is CCCCn1c(N)c(N(CCOC)C(=O)COC(=O)COc2ccc(OC)cc2)c(=O)[nH]c1=O. The smallest absolute Gasteiger partial charge is 0.344 e. The van der Waals surface area contributed by atoms with Gasteiger partial charge in [0.1, 0.15) is 17.3 Å². The third-order valence-electron chi connectivity index (χ3n) is 4.81. The molecule has 1 aromatic carbocycles. The van der Waals surface area contributed by atoms with Gasteiger partial charge < -0.3 is 24.7 Å². The van der Waals surface area contributed by atoms with Crippen LogP contribution in [0.3, 0.4) is 0 Å². The van der Waals surface area contributed by atoms with Crippen molar-refractivity contribution in [3.05, 3.63) is 45.1 Å². The highest BCUT2D eigenvalue weighted by atomic mass is 16.6. The number of ether oxygens (including phenoxy) is 4. The number of nitrogen functional groups attached to an aromatic ring is 1. The first-order valence-corrected chi connectivity index (χ1v) is 10.7. The van der Waals surface area contributed by atoms with Crippen LogP contribution in [0.25, 0.3) is 0 Å². The number of aromatic amines is 1. The van der Waals surface area contributed by atoms with Gasteiger partial charge in [-0.3, -0.25) is 24.0 Å². The first-order chi connectivity index (χ1) is 16.3. The number of esters is 1. The Bertz CT molecular complexity index is 1080. The molecule has 12 nitrogen and oxygen atoms in total. The van der Waals surface area contributed by atoms with Crippen molar-refractivity contribution in [3.8, 4) is 11.5 Å². The molecule has 1 amide bonds. The minimum Gasteiger partial charge on any atom is -0.497 e. The normalized spacial score (nSPS) is 10.6. The molecule has 0 aliphatic carbocycles. The Balaban J connectivity index is 2.11. The van der Waals surface area contributed by atoms with E-state index in [9.17, 15) is 19.2 Å². The van der Waals surface area contributed by atoms with Gasteiger partial charge in [-0.25, -0.2) is 9.59 Å². The lowest BCUT2D eigenvalue weighted by Crippen LogP contribution is -2.44. The fourth-order valence-electron chi connectivity index (χ4n) is 3.00. The molecule has 3 N–H and O–H groups in total. The molecule has 0 spiro atoms. The zero-order valence-corrected chi connectivity index (χ0v) is 19.5. The number of benzene rings is 1. The summed E-state index contributed by atoms with van der Waals surface area (Å²) in [6.45, 7) is 1.15. The lowest BCUT2D eigenvalue weighted by atomic mass is 10.3. The molecular weight excluding hydrogens is 448 g/mol. The van der Waals surface area contributed by atoms with Gasteiger partial charge in [-0.1, -0.05) is 13.3 Å². The van der Waals surface area contributed by atoms with Crippen LogP contribution in [-0.4, -0.2) is 62.0 Å². The van der Waals surface area contributed by atoms with Crippen molar-refractivity contribution in [2.75, 3.05) is 51.2 Å². The number of hydrogen-bond donors (Lipinski definition) is 2. The molecule has 34 heavy (non-hydrogen) atoms. The maximum atomic E-state index is 12.9. The first kappa shape index (κ1) is 26.5. The second-order valence-corrected chi connectivity index (χ2v) is 7.16. The molecule has 1 aromatic heterocycles. The fraction of sp³-hybridized carbons (Fsp3) is 0.455. The highest BCUT2D eigenvalue weighted by Crippen LogP contribution is 2.18. The van der Waals surface area contributed by atoms with E-state index in [0.717, 1.165) is 11.3 Å². The summed E-state index contributed by atoms with van der Waals surface area (Å²) >= 11 is 0. The van der Waals surface area contributed by atoms with Gasteiger partial charge in [0.05, 0.1) is 13.7 Å². The van der Waals surface area contributed by atoms with Gasteiger partial charge in [0.2, 0.25) is 0 Å². The first-order valence-electron chi connectivity index (χ1n) is 10.7. The average Bonchev–Trinajstić information content (AvgIpc) is 2.83. The monoisotopic (exact) mass is 478 g/mol. The van der Waals surface area contributed by atoms with Crippen LogP contribution in [-0.2, 0) is 25.6 Å². The van der Waals surface area contributed by atoms with Gasteiger partial charge in [0, 0.05) is 20.2 Å². The second kappa shape index (κ2) is 13.0. The molecule has 0 fully saturated rings. The summed E-state index contributed by atoms with van der Waals surface area (Å²) in [5, 5.41) is 0. The van der Waals surface area contributed by atoms with Crippen LogP contribution >= 0.6 is 0 Å². The molecule has 0 radical (unpaired) electrons. The minimum atomic E-state index is -0.825. The summed E-state index contributed by atoms with van der Waals surface area (Å²) in [4.78, 5) is 52.8. The minimum absolute atomic E-state index is 0.0471.